The van der Waals surface area contributed by atoms with Gasteiger partial charge in [-0.25, -0.2) is 14.6 Å². The fourth-order valence-corrected chi connectivity index (χ4v) is 3.34. The predicted molar refractivity (Wildman–Crippen MR) is 102 cm³/mol. The van der Waals surface area contributed by atoms with Crippen LogP contribution in [0.4, 0.5) is 0 Å². The molecule has 0 bridgehead atoms. The summed E-state index contributed by atoms with van der Waals surface area (Å²) in [4.78, 5) is 9.13. The Bertz CT molecular complexity index is 890. The molecule has 26 heavy (non-hydrogen) atoms. The zero-order chi connectivity index (χ0) is 18.7. The van der Waals surface area contributed by atoms with E-state index in [4.69, 9.17) is 15.2 Å². The van der Waals surface area contributed by atoms with E-state index in [9.17, 15) is 0 Å². The third kappa shape index (κ3) is 3.71. The molecule has 3 aromatic rings. The van der Waals surface area contributed by atoms with Crippen LogP contribution in [0.5, 0.6) is 11.5 Å². The van der Waals surface area contributed by atoms with Crippen LogP contribution in [0, 0.1) is 6.92 Å². The average molecular weight is 373 g/mol. The van der Waals surface area contributed by atoms with Crippen molar-refractivity contribution in [3.05, 3.63) is 40.0 Å². The van der Waals surface area contributed by atoms with Gasteiger partial charge in [-0.1, -0.05) is 6.07 Å². The minimum absolute atomic E-state index is 0.227. The summed E-state index contributed by atoms with van der Waals surface area (Å²) in [5.74, 6) is 2.83. The summed E-state index contributed by atoms with van der Waals surface area (Å²) in [5, 5.41) is 7.54. The SMILES string of the molecule is CCn1nc(-c2csc(C)n2)nc1C[C@@H](N)c1ccc(OC)c(OC)c1. The third-order valence-corrected chi connectivity index (χ3v) is 4.91. The monoisotopic (exact) mass is 373 g/mol. The number of aromatic nitrogens is 4. The molecular formula is C18H23N5O2S. The molecule has 1 atom stereocenters. The van der Waals surface area contributed by atoms with Gasteiger partial charge in [0.25, 0.3) is 0 Å². The van der Waals surface area contributed by atoms with Gasteiger partial charge in [0.2, 0.25) is 5.82 Å². The lowest BCUT2D eigenvalue weighted by molar-refractivity contribution is 0.354. The first-order valence-corrected chi connectivity index (χ1v) is 9.27. The first kappa shape index (κ1) is 18.3. The summed E-state index contributed by atoms with van der Waals surface area (Å²) in [6.45, 7) is 4.74. The molecule has 2 aromatic heterocycles. The predicted octanol–water partition coefficient (Wildman–Crippen LogP) is 2.99. The lowest BCUT2D eigenvalue weighted by atomic mass is 10.0. The van der Waals surface area contributed by atoms with E-state index < -0.39 is 0 Å². The molecule has 0 unspecified atom stereocenters. The van der Waals surface area contributed by atoms with Crippen LogP contribution >= 0.6 is 11.3 Å². The molecule has 0 aliphatic heterocycles. The molecule has 0 aliphatic rings. The second kappa shape index (κ2) is 7.84. The number of rotatable bonds is 7. The summed E-state index contributed by atoms with van der Waals surface area (Å²) >= 11 is 1.59. The molecule has 0 saturated heterocycles. The smallest absolute Gasteiger partial charge is 0.200 e. The Morgan fingerprint density at radius 1 is 1.19 bits per heavy atom. The lowest BCUT2D eigenvalue weighted by Gasteiger charge is -2.15. The summed E-state index contributed by atoms with van der Waals surface area (Å²) in [6, 6.07) is 5.49. The number of thiazole rings is 1. The Kier molecular flexibility index (Phi) is 5.53. The van der Waals surface area contributed by atoms with Crippen molar-refractivity contribution in [1.82, 2.24) is 19.7 Å². The number of hydrogen-bond donors (Lipinski definition) is 1. The summed E-state index contributed by atoms with van der Waals surface area (Å²) < 4.78 is 12.5. The van der Waals surface area contributed by atoms with Crippen LogP contribution in [0.2, 0.25) is 0 Å². The minimum Gasteiger partial charge on any atom is -0.493 e. The summed E-state index contributed by atoms with van der Waals surface area (Å²) in [6.07, 6.45) is 0.569. The highest BCUT2D eigenvalue weighted by molar-refractivity contribution is 7.09. The Balaban J connectivity index is 1.85. The molecule has 0 radical (unpaired) electrons. The minimum atomic E-state index is -0.227. The van der Waals surface area contributed by atoms with Crippen molar-refractivity contribution in [3.8, 4) is 23.0 Å². The molecule has 2 N–H and O–H groups in total. The van der Waals surface area contributed by atoms with E-state index >= 15 is 0 Å². The van der Waals surface area contributed by atoms with E-state index in [1.807, 2.05) is 42.1 Å². The molecular weight excluding hydrogens is 350 g/mol. The van der Waals surface area contributed by atoms with Crippen molar-refractivity contribution in [2.24, 2.45) is 5.73 Å². The van der Waals surface area contributed by atoms with Crippen LogP contribution in [0.25, 0.3) is 11.5 Å². The second-order valence-corrected chi connectivity index (χ2v) is 6.91. The van der Waals surface area contributed by atoms with Gasteiger partial charge in [0.15, 0.2) is 11.5 Å². The van der Waals surface area contributed by atoms with E-state index in [0.717, 1.165) is 28.6 Å². The Labute approximate surface area is 156 Å². The standard InChI is InChI=1S/C18H23N5O2S/c1-5-23-17(21-18(22-23)14-10-26-11(2)20-14)9-13(19)12-6-7-15(24-3)16(8-12)25-4/h6-8,10,13H,5,9,19H2,1-4H3/t13-/m1/s1. The second-order valence-electron chi connectivity index (χ2n) is 5.84. The molecule has 0 spiro atoms. The topological polar surface area (TPSA) is 88.1 Å². The Morgan fingerprint density at radius 2 is 1.96 bits per heavy atom. The molecule has 3 rings (SSSR count). The Hall–Kier alpha value is -2.45. The van der Waals surface area contributed by atoms with Gasteiger partial charge in [-0.15, -0.1) is 16.4 Å². The molecule has 8 heteroatoms. The highest BCUT2D eigenvalue weighted by Gasteiger charge is 2.17. The molecule has 0 amide bonds. The van der Waals surface area contributed by atoms with Gasteiger partial charge in [0.1, 0.15) is 11.5 Å². The molecule has 0 saturated carbocycles. The van der Waals surface area contributed by atoms with E-state index in [1.54, 1.807) is 25.6 Å². The summed E-state index contributed by atoms with van der Waals surface area (Å²) in [5.41, 5.74) is 8.19. The zero-order valence-corrected chi connectivity index (χ0v) is 16.2. The van der Waals surface area contributed by atoms with Gasteiger partial charge >= 0.3 is 0 Å². The van der Waals surface area contributed by atoms with Crippen LogP contribution in [-0.2, 0) is 13.0 Å². The van der Waals surface area contributed by atoms with E-state index in [1.165, 1.54) is 0 Å². The fourth-order valence-electron chi connectivity index (χ4n) is 2.75. The van der Waals surface area contributed by atoms with E-state index in [0.29, 0.717) is 23.7 Å². The quantitative estimate of drug-likeness (QED) is 0.685. The molecule has 1 aromatic carbocycles. The maximum Gasteiger partial charge on any atom is 0.200 e. The highest BCUT2D eigenvalue weighted by atomic mass is 32.1. The fraction of sp³-hybridized carbons (Fsp3) is 0.389. The first-order valence-electron chi connectivity index (χ1n) is 8.39. The largest absolute Gasteiger partial charge is 0.493 e. The number of aryl methyl sites for hydroxylation is 2. The number of hydrogen-bond acceptors (Lipinski definition) is 7. The Morgan fingerprint density at radius 3 is 2.58 bits per heavy atom. The van der Waals surface area contributed by atoms with Crippen molar-refractivity contribution < 1.29 is 9.47 Å². The van der Waals surface area contributed by atoms with Crippen molar-refractivity contribution in [2.75, 3.05) is 14.2 Å². The van der Waals surface area contributed by atoms with Crippen molar-refractivity contribution in [1.29, 1.82) is 0 Å². The normalized spacial score (nSPS) is 12.2. The maximum absolute atomic E-state index is 6.43. The number of nitrogens with two attached hydrogens (primary N) is 1. The lowest BCUT2D eigenvalue weighted by Crippen LogP contribution is -2.17. The summed E-state index contributed by atoms with van der Waals surface area (Å²) in [7, 11) is 3.23. The molecule has 2 heterocycles. The zero-order valence-electron chi connectivity index (χ0n) is 15.4. The van der Waals surface area contributed by atoms with Crippen LogP contribution < -0.4 is 15.2 Å². The third-order valence-electron chi connectivity index (χ3n) is 4.13. The van der Waals surface area contributed by atoms with E-state index in [-0.39, 0.29) is 6.04 Å². The maximum atomic E-state index is 6.43. The number of methoxy groups -OCH3 is 2. The average Bonchev–Trinajstić information content (AvgIpc) is 3.26. The molecule has 138 valence electrons. The van der Waals surface area contributed by atoms with Gasteiger partial charge in [-0.2, -0.15) is 0 Å². The van der Waals surface area contributed by atoms with Crippen molar-refractivity contribution in [3.63, 3.8) is 0 Å². The van der Waals surface area contributed by atoms with Crippen LogP contribution in [-0.4, -0.2) is 34.0 Å². The van der Waals surface area contributed by atoms with E-state index in [2.05, 4.69) is 15.1 Å². The number of benzene rings is 1. The van der Waals surface area contributed by atoms with Crippen LogP contribution in [0.1, 0.15) is 29.4 Å². The van der Waals surface area contributed by atoms with Gasteiger partial charge in [-0.05, 0) is 31.5 Å². The first-order chi connectivity index (χ1) is 12.5. The molecule has 0 fully saturated rings. The molecule has 0 aliphatic carbocycles. The van der Waals surface area contributed by atoms with Crippen molar-refractivity contribution in [2.45, 2.75) is 32.9 Å². The number of ether oxygens (including phenoxy) is 2. The number of nitrogens with zero attached hydrogens (tertiary/aromatic N) is 4. The van der Waals surface area contributed by atoms with Gasteiger partial charge in [0.05, 0.1) is 19.2 Å². The van der Waals surface area contributed by atoms with Crippen LogP contribution in [0.3, 0.4) is 0 Å². The van der Waals surface area contributed by atoms with Crippen LogP contribution in [0.15, 0.2) is 23.6 Å². The van der Waals surface area contributed by atoms with Crippen molar-refractivity contribution >= 4 is 11.3 Å². The van der Waals surface area contributed by atoms with Gasteiger partial charge in [-0.3, -0.25) is 0 Å². The van der Waals surface area contributed by atoms with Gasteiger partial charge in [0, 0.05) is 24.4 Å². The molecule has 7 nitrogen and oxygen atoms in total. The highest BCUT2D eigenvalue weighted by Crippen LogP contribution is 2.30. The van der Waals surface area contributed by atoms with Gasteiger partial charge < -0.3 is 15.2 Å².